The van der Waals surface area contributed by atoms with E-state index in [1.54, 1.807) is 31.5 Å². The number of amides is 1. The highest BCUT2D eigenvalue weighted by Crippen LogP contribution is 2.28. The van der Waals surface area contributed by atoms with Gasteiger partial charge in [-0.05, 0) is 54.1 Å². The zero-order valence-electron chi connectivity index (χ0n) is 15.2. The molecule has 0 unspecified atom stereocenters. The van der Waals surface area contributed by atoms with Crippen LogP contribution in [-0.4, -0.2) is 25.1 Å². The summed E-state index contributed by atoms with van der Waals surface area (Å²) in [5.74, 6) is 0.880. The molecule has 0 aliphatic rings. The predicted octanol–water partition coefficient (Wildman–Crippen LogP) is 3.96. The predicted molar refractivity (Wildman–Crippen MR) is 106 cm³/mol. The molecule has 0 aliphatic carbocycles. The van der Waals surface area contributed by atoms with Gasteiger partial charge in [-0.1, -0.05) is 6.07 Å². The van der Waals surface area contributed by atoms with Crippen molar-refractivity contribution in [1.82, 2.24) is 4.98 Å². The lowest BCUT2D eigenvalue weighted by atomic mass is 10.1. The van der Waals surface area contributed by atoms with Gasteiger partial charge in [-0.3, -0.25) is 9.78 Å². The van der Waals surface area contributed by atoms with Crippen molar-refractivity contribution < 1.29 is 14.3 Å². The van der Waals surface area contributed by atoms with Gasteiger partial charge in [0.1, 0.15) is 0 Å². The molecule has 1 heterocycles. The van der Waals surface area contributed by atoms with E-state index in [-0.39, 0.29) is 5.91 Å². The van der Waals surface area contributed by atoms with E-state index >= 15 is 0 Å². The van der Waals surface area contributed by atoms with Crippen molar-refractivity contribution >= 4 is 17.3 Å². The number of nitrogens with one attached hydrogen (secondary N) is 2. The van der Waals surface area contributed by atoms with Gasteiger partial charge in [0.2, 0.25) is 0 Å². The van der Waals surface area contributed by atoms with Crippen molar-refractivity contribution in [2.45, 2.75) is 6.54 Å². The van der Waals surface area contributed by atoms with Crippen molar-refractivity contribution in [3.8, 4) is 11.5 Å². The molecule has 3 aromatic rings. The van der Waals surface area contributed by atoms with E-state index in [2.05, 4.69) is 15.6 Å². The SMILES string of the molecule is COc1ccc(C(=O)Nc2ccc(NCc3cccnc3)cc2)cc1OC. The Morgan fingerprint density at radius 3 is 2.37 bits per heavy atom. The molecule has 0 saturated carbocycles. The lowest BCUT2D eigenvalue weighted by molar-refractivity contribution is 0.102. The quantitative estimate of drug-likeness (QED) is 0.665. The van der Waals surface area contributed by atoms with Crippen molar-refractivity contribution in [2.75, 3.05) is 24.9 Å². The molecule has 3 rings (SSSR count). The summed E-state index contributed by atoms with van der Waals surface area (Å²) in [6.45, 7) is 0.686. The molecule has 0 fully saturated rings. The number of rotatable bonds is 7. The summed E-state index contributed by atoms with van der Waals surface area (Å²) in [6, 6.07) is 16.5. The zero-order chi connectivity index (χ0) is 19.1. The molecule has 27 heavy (non-hydrogen) atoms. The number of anilines is 2. The van der Waals surface area contributed by atoms with Crippen LogP contribution in [0.2, 0.25) is 0 Å². The third-order valence-electron chi connectivity index (χ3n) is 4.01. The van der Waals surface area contributed by atoms with Crippen LogP contribution in [-0.2, 0) is 6.54 Å². The number of methoxy groups -OCH3 is 2. The summed E-state index contributed by atoms with van der Waals surface area (Å²) in [4.78, 5) is 16.5. The first-order valence-electron chi connectivity index (χ1n) is 8.46. The van der Waals surface area contributed by atoms with E-state index in [9.17, 15) is 4.79 Å². The molecule has 0 bridgehead atoms. The fourth-order valence-corrected chi connectivity index (χ4v) is 2.56. The molecule has 0 aliphatic heterocycles. The molecule has 0 spiro atoms. The van der Waals surface area contributed by atoms with E-state index in [1.165, 1.54) is 7.11 Å². The minimum atomic E-state index is -0.216. The first-order valence-corrected chi connectivity index (χ1v) is 8.46. The smallest absolute Gasteiger partial charge is 0.255 e. The number of carbonyl (C=O) groups is 1. The molecular weight excluding hydrogens is 342 g/mol. The normalized spacial score (nSPS) is 10.1. The Kier molecular flexibility index (Phi) is 5.89. The number of hydrogen-bond donors (Lipinski definition) is 2. The molecular formula is C21H21N3O3. The minimum Gasteiger partial charge on any atom is -0.493 e. The maximum Gasteiger partial charge on any atom is 0.255 e. The van der Waals surface area contributed by atoms with Crippen LogP contribution in [0.4, 0.5) is 11.4 Å². The third-order valence-corrected chi connectivity index (χ3v) is 4.01. The summed E-state index contributed by atoms with van der Waals surface area (Å²) in [6.07, 6.45) is 3.57. The summed E-state index contributed by atoms with van der Waals surface area (Å²) in [7, 11) is 3.10. The van der Waals surface area contributed by atoms with Gasteiger partial charge in [-0.25, -0.2) is 0 Å². The largest absolute Gasteiger partial charge is 0.493 e. The number of ether oxygens (including phenoxy) is 2. The Morgan fingerprint density at radius 1 is 0.963 bits per heavy atom. The second-order valence-corrected chi connectivity index (χ2v) is 5.82. The van der Waals surface area contributed by atoms with E-state index in [1.807, 2.05) is 42.6 Å². The van der Waals surface area contributed by atoms with Gasteiger partial charge in [-0.2, -0.15) is 0 Å². The Labute approximate surface area is 158 Å². The summed E-state index contributed by atoms with van der Waals surface area (Å²) in [5.41, 5.74) is 3.26. The lowest BCUT2D eigenvalue weighted by Crippen LogP contribution is -2.12. The van der Waals surface area contributed by atoms with Gasteiger partial charge in [-0.15, -0.1) is 0 Å². The van der Waals surface area contributed by atoms with Crippen molar-refractivity contribution in [1.29, 1.82) is 0 Å². The number of nitrogens with zero attached hydrogens (tertiary/aromatic N) is 1. The molecule has 1 aromatic heterocycles. The molecule has 2 N–H and O–H groups in total. The Hall–Kier alpha value is -3.54. The Bertz CT molecular complexity index is 896. The summed E-state index contributed by atoms with van der Waals surface area (Å²) < 4.78 is 10.4. The minimum absolute atomic E-state index is 0.216. The number of hydrogen-bond acceptors (Lipinski definition) is 5. The average molecular weight is 363 g/mol. The average Bonchev–Trinajstić information content (AvgIpc) is 2.73. The van der Waals surface area contributed by atoms with Crippen LogP contribution >= 0.6 is 0 Å². The van der Waals surface area contributed by atoms with Crippen LogP contribution in [0.25, 0.3) is 0 Å². The van der Waals surface area contributed by atoms with Gasteiger partial charge in [0.15, 0.2) is 11.5 Å². The van der Waals surface area contributed by atoms with E-state index < -0.39 is 0 Å². The van der Waals surface area contributed by atoms with Gasteiger partial charge in [0.25, 0.3) is 5.91 Å². The summed E-state index contributed by atoms with van der Waals surface area (Å²) >= 11 is 0. The van der Waals surface area contributed by atoms with Crippen LogP contribution < -0.4 is 20.1 Å². The number of aromatic nitrogens is 1. The van der Waals surface area contributed by atoms with Gasteiger partial charge in [0.05, 0.1) is 14.2 Å². The zero-order valence-corrected chi connectivity index (χ0v) is 15.2. The molecule has 1 amide bonds. The van der Waals surface area contributed by atoms with E-state index in [0.717, 1.165) is 11.3 Å². The second kappa shape index (κ2) is 8.71. The van der Waals surface area contributed by atoms with Crippen LogP contribution in [0.3, 0.4) is 0 Å². The van der Waals surface area contributed by atoms with Crippen LogP contribution in [0.5, 0.6) is 11.5 Å². The van der Waals surface area contributed by atoms with E-state index in [0.29, 0.717) is 29.3 Å². The molecule has 2 aromatic carbocycles. The first kappa shape index (κ1) is 18.3. The first-order chi connectivity index (χ1) is 13.2. The van der Waals surface area contributed by atoms with Gasteiger partial charge in [0, 0.05) is 35.9 Å². The molecule has 0 saturated heterocycles. The topological polar surface area (TPSA) is 72.5 Å². The van der Waals surface area contributed by atoms with Crippen LogP contribution in [0, 0.1) is 0 Å². The molecule has 0 radical (unpaired) electrons. The number of pyridine rings is 1. The van der Waals surface area contributed by atoms with E-state index in [4.69, 9.17) is 9.47 Å². The third kappa shape index (κ3) is 4.76. The van der Waals surface area contributed by atoms with Gasteiger partial charge >= 0.3 is 0 Å². The maximum absolute atomic E-state index is 12.4. The molecule has 138 valence electrons. The number of carbonyl (C=O) groups excluding carboxylic acids is 1. The van der Waals surface area contributed by atoms with Gasteiger partial charge < -0.3 is 20.1 Å². The van der Waals surface area contributed by atoms with Crippen LogP contribution in [0.1, 0.15) is 15.9 Å². The molecule has 6 nitrogen and oxygen atoms in total. The fraction of sp³-hybridized carbons (Fsp3) is 0.143. The second-order valence-electron chi connectivity index (χ2n) is 5.82. The monoisotopic (exact) mass is 363 g/mol. The van der Waals surface area contributed by atoms with Crippen molar-refractivity contribution in [2.24, 2.45) is 0 Å². The highest BCUT2D eigenvalue weighted by Gasteiger charge is 2.11. The Morgan fingerprint density at radius 2 is 1.70 bits per heavy atom. The number of benzene rings is 2. The standard InChI is InChI=1S/C21H21N3O3/c1-26-19-10-5-16(12-20(19)27-2)21(25)24-18-8-6-17(7-9-18)23-14-15-4-3-11-22-13-15/h3-13,23H,14H2,1-2H3,(H,24,25). The highest BCUT2D eigenvalue weighted by atomic mass is 16.5. The molecule has 6 heteroatoms. The Balaban J connectivity index is 1.61. The highest BCUT2D eigenvalue weighted by molar-refractivity contribution is 6.04. The van der Waals surface area contributed by atoms with Crippen molar-refractivity contribution in [3.05, 3.63) is 78.1 Å². The van der Waals surface area contributed by atoms with Crippen LogP contribution in [0.15, 0.2) is 67.0 Å². The molecule has 0 atom stereocenters. The van der Waals surface area contributed by atoms with Crippen molar-refractivity contribution in [3.63, 3.8) is 0 Å². The fourth-order valence-electron chi connectivity index (χ4n) is 2.56. The lowest BCUT2D eigenvalue weighted by Gasteiger charge is -2.11. The maximum atomic E-state index is 12.4. The summed E-state index contributed by atoms with van der Waals surface area (Å²) in [5, 5.41) is 6.19.